The largest absolute Gasteiger partial charge is 0.399 e. The lowest BCUT2D eigenvalue weighted by Gasteiger charge is -2.20. The van der Waals surface area contributed by atoms with Crippen LogP contribution in [0.2, 0.25) is 0 Å². The Kier molecular flexibility index (Phi) is 5.98. The van der Waals surface area contributed by atoms with Gasteiger partial charge in [0.05, 0.1) is 17.6 Å². The molecule has 0 atom stereocenters. The van der Waals surface area contributed by atoms with Crippen molar-refractivity contribution in [2.75, 3.05) is 25.9 Å². The summed E-state index contributed by atoms with van der Waals surface area (Å²) < 4.78 is 31.8. The normalized spacial score (nSPS) is 12.3. The lowest BCUT2D eigenvalue weighted by atomic mass is 10.1. The summed E-state index contributed by atoms with van der Waals surface area (Å²) in [5, 5.41) is 0. The fourth-order valence-electron chi connectivity index (χ4n) is 1.81. The summed E-state index contributed by atoms with van der Waals surface area (Å²) in [4.78, 5) is 0.284. The van der Waals surface area contributed by atoms with Gasteiger partial charge in [-0.2, -0.15) is 4.31 Å². The van der Waals surface area contributed by atoms with Crippen LogP contribution in [0.15, 0.2) is 23.1 Å². The van der Waals surface area contributed by atoms with E-state index in [2.05, 4.69) is 0 Å². The first-order valence-corrected chi connectivity index (χ1v) is 8.19. The molecule has 20 heavy (non-hydrogen) atoms. The first-order valence-electron chi connectivity index (χ1n) is 6.75. The molecule has 0 saturated heterocycles. The average Bonchev–Trinajstić information content (AvgIpc) is 2.38. The van der Waals surface area contributed by atoms with E-state index in [1.54, 1.807) is 19.2 Å². The molecule has 1 rings (SSSR count). The third kappa shape index (κ3) is 4.19. The van der Waals surface area contributed by atoms with Gasteiger partial charge < -0.3 is 10.5 Å². The summed E-state index contributed by atoms with van der Waals surface area (Å²) in [5.41, 5.74) is 6.94. The Morgan fingerprint density at radius 1 is 1.35 bits per heavy atom. The zero-order valence-electron chi connectivity index (χ0n) is 12.6. The van der Waals surface area contributed by atoms with Crippen LogP contribution < -0.4 is 5.73 Å². The monoisotopic (exact) mass is 300 g/mol. The first kappa shape index (κ1) is 16.9. The molecule has 0 fully saturated rings. The quantitative estimate of drug-likeness (QED) is 0.780. The number of ether oxygens (including phenoxy) is 1. The number of nitrogens with two attached hydrogens (primary N) is 1. The van der Waals surface area contributed by atoms with Crippen LogP contribution in [0.4, 0.5) is 5.69 Å². The van der Waals surface area contributed by atoms with E-state index in [0.717, 1.165) is 5.56 Å². The predicted octanol–water partition coefficient (Wildman–Crippen LogP) is 1.88. The second kappa shape index (κ2) is 7.06. The van der Waals surface area contributed by atoms with Crippen molar-refractivity contribution in [1.29, 1.82) is 0 Å². The lowest BCUT2D eigenvalue weighted by molar-refractivity contribution is 0.0737. The van der Waals surface area contributed by atoms with Crippen molar-refractivity contribution in [3.8, 4) is 0 Å². The highest BCUT2D eigenvalue weighted by molar-refractivity contribution is 7.89. The molecular weight excluding hydrogens is 276 g/mol. The van der Waals surface area contributed by atoms with E-state index in [1.807, 2.05) is 20.8 Å². The molecule has 2 N–H and O–H groups in total. The highest BCUT2D eigenvalue weighted by atomic mass is 32.2. The summed E-state index contributed by atoms with van der Waals surface area (Å²) in [6.07, 6.45) is 0.732. The summed E-state index contributed by atoms with van der Waals surface area (Å²) in [6.45, 7) is 6.45. The number of anilines is 1. The number of nitrogen functional groups attached to an aromatic ring is 1. The molecule has 0 saturated carbocycles. The van der Waals surface area contributed by atoms with Crippen molar-refractivity contribution < 1.29 is 13.2 Å². The van der Waals surface area contributed by atoms with Gasteiger partial charge >= 0.3 is 0 Å². The minimum atomic E-state index is -3.53. The number of aryl methyl sites for hydroxylation is 1. The number of hydrogen-bond donors (Lipinski definition) is 1. The molecule has 0 unspecified atom stereocenters. The SMILES string of the molecule is CCc1ccc(N)cc1S(=O)(=O)N(C)CCOC(C)C. The maximum atomic E-state index is 12.6. The molecule has 0 spiro atoms. The Balaban J connectivity index is 2.95. The summed E-state index contributed by atoms with van der Waals surface area (Å²) in [7, 11) is -1.97. The lowest BCUT2D eigenvalue weighted by Crippen LogP contribution is -2.31. The zero-order valence-corrected chi connectivity index (χ0v) is 13.4. The van der Waals surface area contributed by atoms with Crippen LogP contribution in [0.1, 0.15) is 26.3 Å². The zero-order chi connectivity index (χ0) is 15.3. The third-order valence-corrected chi connectivity index (χ3v) is 4.96. The van der Waals surface area contributed by atoms with E-state index >= 15 is 0 Å². The van der Waals surface area contributed by atoms with Gasteiger partial charge in [0.25, 0.3) is 0 Å². The molecule has 0 bridgehead atoms. The number of benzene rings is 1. The predicted molar refractivity (Wildman–Crippen MR) is 81.1 cm³/mol. The molecule has 0 aliphatic carbocycles. The highest BCUT2D eigenvalue weighted by Crippen LogP contribution is 2.22. The molecule has 114 valence electrons. The van der Waals surface area contributed by atoms with Crippen molar-refractivity contribution in [2.24, 2.45) is 0 Å². The number of rotatable bonds is 7. The van der Waals surface area contributed by atoms with Crippen molar-refractivity contribution in [1.82, 2.24) is 4.31 Å². The van der Waals surface area contributed by atoms with E-state index in [4.69, 9.17) is 10.5 Å². The molecule has 0 heterocycles. The van der Waals surface area contributed by atoms with Gasteiger partial charge in [-0.25, -0.2) is 8.42 Å². The Morgan fingerprint density at radius 3 is 2.55 bits per heavy atom. The summed E-state index contributed by atoms with van der Waals surface area (Å²) in [6, 6.07) is 5.01. The van der Waals surface area contributed by atoms with E-state index in [1.165, 1.54) is 10.4 Å². The number of sulfonamides is 1. The summed E-state index contributed by atoms with van der Waals surface area (Å²) in [5.74, 6) is 0. The van der Waals surface area contributed by atoms with E-state index in [-0.39, 0.29) is 11.0 Å². The van der Waals surface area contributed by atoms with Crippen molar-refractivity contribution in [3.05, 3.63) is 23.8 Å². The van der Waals surface area contributed by atoms with Crippen LogP contribution in [-0.4, -0.2) is 39.0 Å². The van der Waals surface area contributed by atoms with Crippen LogP contribution in [0.25, 0.3) is 0 Å². The fourth-order valence-corrected chi connectivity index (χ4v) is 3.29. The fraction of sp³-hybridized carbons (Fsp3) is 0.571. The summed E-state index contributed by atoms with van der Waals surface area (Å²) >= 11 is 0. The highest BCUT2D eigenvalue weighted by Gasteiger charge is 2.23. The van der Waals surface area contributed by atoms with Gasteiger partial charge in [-0.05, 0) is 38.0 Å². The molecule has 1 aromatic rings. The number of nitrogens with zero attached hydrogens (tertiary/aromatic N) is 1. The maximum absolute atomic E-state index is 12.6. The van der Waals surface area contributed by atoms with Gasteiger partial charge in [-0.15, -0.1) is 0 Å². The standard InChI is InChI=1S/C14H24N2O3S/c1-5-12-6-7-13(15)10-14(12)20(17,18)16(4)8-9-19-11(2)3/h6-7,10-11H,5,8-9,15H2,1-4H3. The maximum Gasteiger partial charge on any atom is 0.243 e. The number of hydrogen-bond acceptors (Lipinski definition) is 4. The molecule has 0 aliphatic heterocycles. The van der Waals surface area contributed by atoms with Gasteiger partial charge in [0.1, 0.15) is 0 Å². The number of likely N-dealkylation sites (N-methyl/N-ethyl adjacent to an activating group) is 1. The molecule has 5 nitrogen and oxygen atoms in total. The molecule has 0 radical (unpaired) electrons. The van der Waals surface area contributed by atoms with Crippen molar-refractivity contribution in [2.45, 2.75) is 38.2 Å². The van der Waals surface area contributed by atoms with Crippen LogP contribution in [-0.2, 0) is 21.2 Å². The van der Waals surface area contributed by atoms with E-state index < -0.39 is 10.0 Å². The smallest absolute Gasteiger partial charge is 0.243 e. The van der Waals surface area contributed by atoms with Gasteiger partial charge in [0.2, 0.25) is 10.0 Å². The van der Waals surface area contributed by atoms with Gasteiger partial charge in [-0.3, -0.25) is 0 Å². The molecule has 0 aromatic heterocycles. The molecule has 0 amide bonds. The second-order valence-electron chi connectivity index (χ2n) is 4.97. The van der Waals surface area contributed by atoms with E-state index in [0.29, 0.717) is 25.3 Å². The van der Waals surface area contributed by atoms with Crippen LogP contribution in [0.3, 0.4) is 0 Å². The molecule has 1 aromatic carbocycles. The Labute approximate surface area is 121 Å². The minimum Gasteiger partial charge on any atom is -0.399 e. The van der Waals surface area contributed by atoms with Gasteiger partial charge in [0.15, 0.2) is 0 Å². The molecular formula is C14H24N2O3S. The van der Waals surface area contributed by atoms with E-state index in [9.17, 15) is 8.42 Å². The Hall–Kier alpha value is -1.11. The van der Waals surface area contributed by atoms with Crippen molar-refractivity contribution >= 4 is 15.7 Å². The van der Waals surface area contributed by atoms with Crippen LogP contribution >= 0.6 is 0 Å². The van der Waals surface area contributed by atoms with Gasteiger partial charge in [-0.1, -0.05) is 13.0 Å². The third-order valence-electron chi connectivity index (χ3n) is 3.02. The van der Waals surface area contributed by atoms with Gasteiger partial charge in [0, 0.05) is 19.3 Å². The average molecular weight is 300 g/mol. The second-order valence-corrected chi connectivity index (χ2v) is 6.98. The Morgan fingerprint density at radius 2 is 2.00 bits per heavy atom. The Bertz CT molecular complexity index is 541. The van der Waals surface area contributed by atoms with Crippen LogP contribution in [0.5, 0.6) is 0 Å². The molecule has 6 heteroatoms. The first-order chi connectivity index (χ1) is 9.28. The topological polar surface area (TPSA) is 72.6 Å². The van der Waals surface area contributed by atoms with Crippen molar-refractivity contribution in [3.63, 3.8) is 0 Å². The molecule has 0 aliphatic rings. The minimum absolute atomic E-state index is 0.0877. The van der Waals surface area contributed by atoms with Crippen LogP contribution in [0, 0.1) is 0 Å².